The van der Waals surface area contributed by atoms with Crippen molar-refractivity contribution < 1.29 is 24.0 Å². The lowest BCUT2D eigenvalue weighted by atomic mass is 10.2. The Balaban J connectivity index is 2.47. The standard InChI is InChI=1S/C18H18N4O6/c1-12(23)9-18(24)21(13-7-5-4-6-8-13)20-19-14-10-17(28-3)15(22(25)26)11-16(14)27-2/h4-8,10-11H,9H2,1-3H3. The lowest BCUT2D eigenvalue weighted by Gasteiger charge is -2.15. The van der Waals surface area contributed by atoms with E-state index in [1.54, 1.807) is 30.3 Å². The molecule has 0 aliphatic carbocycles. The average molecular weight is 386 g/mol. The number of anilines is 1. The van der Waals surface area contributed by atoms with E-state index < -0.39 is 10.8 Å². The van der Waals surface area contributed by atoms with Crippen LogP contribution in [0.1, 0.15) is 13.3 Å². The number of para-hydroxylation sites is 1. The van der Waals surface area contributed by atoms with E-state index in [1.807, 2.05) is 0 Å². The van der Waals surface area contributed by atoms with E-state index in [4.69, 9.17) is 9.47 Å². The molecule has 2 aromatic carbocycles. The van der Waals surface area contributed by atoms with E-state index in [2.05, 4.69) is 10.3 Å². The van der Waals surface area contributed by atoms with E-state index in [0.29, 0.717) is 5.69 Å². The van der Waals surface area contributed by atoms with Crippen LogP contribution in [0.15, 0.2) is 52.8 Å². The molecule has 2 rings (SSSR count). The number of ketones is 1. The first-order valence-electron chi connectivity index (χ1n) is 8.07. The van der Waals surface area contributed by atoms with Gasteiger partial charge in [0.05, 0.1) is 37.3 Å². The topological polar surface area (TPSA) is 124 Å². The van der Waals surface area contributed by atoms with Gasteiger partial charge < -0.3 is 9.47 Å². The average Bonchev–Trinajstić information content (AvgIpc) is 2.67. The van der Waals surface area contributed by atoms with Gasteiger partial charge in [-0.3, -0.25) is 19.7 Å². The van der Waals surface area contributed by atoms with Gasteiger partial charge in [-0.25, -0.2) is 0 Å². The van der Waals surface area contributed by atoms with Gasteiger partial charge in [0.1, 0.15) is 11.5 Å². The Morgan fingerprint density at radius 2 is 1.75 bits per heavy atom. The highest BCUT2D eigenvalue weighted by atomic mass is 16.6. The van der Waals surface area contributed by atoms with E-state index in [9.17, 15) is 19.7 Å². The van der Waals surface area contributed by atoms with Crippen LogP contribution in [0.2, 0.25) is 0 Å². The van der Waals surface area contributed by atoms with Crippen molar-refractivity contribution in [2.24, 2.45) is 10.3 Å². The molecule has 0 atom stereocenters. The second-order valence-electron chi connectivity index (χ2n) is 5.56. The molecule has 0 saturated carbocycles. The number of carbonyl (C=O) groups is 2. The first kappa shape index (κ1) is 20.5. The largest absolute Gasteiger partial charge is 0.494 e. The SMILES string of the molecule is COc1cc([N+](=O)[O-])c(OC)cc1N=NN(C(=O)CC(C)=O)c1ccccc1. The molecule has 0 aromatic heterocycles. The number of methoxy groups -OCH3 is 2. The van der Waals surface area contributed by atoms with Crippen molar-refractivity contribution >= 4 is 28.8 Å². The van der Waals surface area contributed by atoms with Gasteiger partial charge in [0, 0.05) is 6.07 Å². The maximum absolute atomic E-state index is 12.4. The molecule has 1 amide bonds. The second-order valence-corrected chi connectivity index (χ2v) is 5.56. The van der Waals surface area contributed by atoms with Crippen LogP contribution in [0.5, 0.6) is 11.5 Å². The van der Waals surface area contributed by atoms with E-state index in [-0.39, 0.29) is 35.1 Å². The smallest absolute Gasteiger partial charge is 0.314 e. The number of Topliss-reactive ketones (excluding diaryl/α,β-unsaturated/α-hetero) is 1. The Morgan fingerprint density at radius 3 is 2.29 bits per heavy atom. The normalized spacial score (nSPS) is 10.5. The number of hydrogen-bond donors (Lipinski definition) is 0. The van der Waals surface area contributed by atoms with Gasteiger partial charge in [-0.2, -0.15) is 5.01 Å². The number of amides is 1. The summed E-state index contributed by atoms with van der Waals surface area (Å²) in [5.74, 6) is -0.865. The van der Waals surface area contributed by atoms with Gasteiger partial charge in [0.15, 0.2) is 11.5 Å². The van der Waals surface area contributed by atoms with E-state index >= 15 is 0 Å². The van der Waals surface area contributed by atoms with E-state index in [1.165, 1.54) is 27.2 Å². The molecule has 2 aromatic rings. The van der Waals surface area contributed by atoms with E-state index in [0.717, 1.165) is 11.1 Å². The van der Waals surface area contributed by atoms with Crippen LogP contribution in [0, 0.1) is 10.1 Å². The lowest BCUT2D eigenvalue weighted by molar-refractivity contribution is -0.385. The summed E-state index contributed by atoms with van der Waals surface area (Å²) in [6, 6.07) is 10.9. The summed E-state index contributed by atoms with van der Waals surface area (Å²) in [4.78, 5) is 34.2. The number of nitro benzene ring substituents is 1. The van der Waals surface area contributed by atoms with Gasteiger partial charge in [0.2, 0.25) is 0 Å². The van der Waals surface area contributed by atoms with Gasteiger partial charge >= 0.3 is 5.69 Å². The van der Waals surface area contributed by atoms with Gasteiger partial charge in [-0.1, -0.05) is 23.4 Å². The molecule has 0 aliphatic rings. The number of ether oxygens (including phenoxy) is 2. The second kappa shape index (κ2) is 9.21. The van der Waals surface area contributed by atoms with Crippen molar-refractivity contribution in [3.63, 3.8) is 0 Å². The highest BCUT2D eigenvalue weighted by Gasteiger charge is 2.21. The Hall–Kier alpha value is -3.82. The van der Waals surface area contributed by atoms with Crippen LogP contribution in [0.4, 0.5) is 17.1 Å². The number of benzene rings is 2. The highest BCUT2D eigenvalue weighted by molar-refractivity contribution is 6.04. The molecule has 0 spiro atoms. The van der Waals surface area contributed by atoms with Gasteiger partial charge in [0.25, 0.3) is 5.91 Å². The maximum Gasteiger partial charge on any atom is 0.314 e. The van der Waals surface area contributed by atoms with Crippen LogP contribution in [-0.4, -0.2) is 30.8 Å². The Morgan fingerprint density at radius 1 is 1.11 bits per heavy atom. The maximum atomic E-state index is 12.4. The molecule has 146 valence electrons. The quantitative estimate of drug-likeness (QED) is 0.295. The molecule has 0 N–H and O–H groups in total. The monoisotopic (exact) mass is 386 g/mol. The molecule has 10 nitrogen and oxygen atoms in total. The third-order valence-electron chi connectivity index (χ3n) is 3.56. The van der Waals surface area contributed by atoms with Crippen molar-refractivity contribution in [2.75, 3.05) is 19.2 Å². The predicted molar refractivity (Wildman–Crippen MR) is 99.9 cm³/mol. The highest BCUT2D eigenvalue weighted by Crippen LogP contribution is 2.39. The zero-order valence-electron chi connectivity index (χ0n) is 15.5. The summed E-state index contributed by atoms with van der Waals surface area (Å²) in [5.41, 5.74) is 0.220. The number of carbonyl (C=O) groups excluding carboxylic acids is 2. The molecule has 0 fully saturated rings. The van der Waals surface area contributed by atoms with Crippen LogP contribution < -0.4 is 14.5 Å². The fourth-order valence-corrected chi connectivity index (χ4v) is 2.28. The molecule has 0 saturated heterocycles. The van der Waals surface area contributed by atoms with Crippen molar-refractivity contribution in [3.8, 4) is 11.5 Å². The molecule has 28 heavy (non-hydrogen) atoms. The van der Waals surface area contributed by atoms with Crippen molar-refractivity contribution in [3.05, 3.63) is 52.6 Å². The Bertz CT molecular complexity index is 914. The number of rotatable bonds is 8. The summed E-state index contributed by atoms with van der Waals surface area (Å²) >= 11 is 0. The van der Waals surface area contributed by atoms with Crippen molar-refractivity contribution in [1.82, 2.24) is 0 Å². The molecule has 0 aliphatic heterocycles. The minimum Gasteiger partial charge on any atom is -0.494 e. The minimum absolute atomic E-state index is 0.0407. The lowest BCUT2D eigenvalue weighted by Crippen LogP contribution is -2.26. The Kier molecular flexibility index (Phi) is 6.74. The molecule has 0 unspecified atom stereocenters. The number of hydrogen-bond acceptors (Lipinski definition) is 8. The number of nitro groups is 1. The third-order valence-corrected chi connectivity index (χ3v) is 3.56. The summed E-state index contributed by atoms with van der Waals surface area (Å²) in [6.45, 7) is 1.29. The molecule has 0 heterocycles. The molecular weight excluding hydrogens is 368 g/mol. The van der Waals surface area contributed by atoms with Gasteiger partial charge in [-0.15, -0.1) is 5.11 Å². The zero-order chi connectivity index (χ0) is 20.7. The fraction of sp³-hybridized carbons (Fsp3) is 0.222. The molecule has 10 heteroatoms. The summed E-state index contributed by atoms with van der Waals surface area (Å²) in [6.07, 6.45) is -0.353. The first-order chi connectivity index (χ1) is 13.4. The van der Waals surface area contributed by atoms with Crippen molar-refractivity contribution in [2.45, 2.75) is 13.3 Å². The Labute approximate surface area is 160 Å². The van der Waals surface area contributed by atoms with Crippen LogP contribution in [0.3, 0.4) is 0 Å². The summed E-state index contributed by atoms with van der Waals surface area (Å²) in [7, 11) is 2.60. The minimum atomic E-state index is -0.616. The zero-order valence-corrected chi connectivity index (χ0v) is 15.5. The van der Waals surface area contributed by atoms with Gasteiger partial charge in [-0.05, 0) is 19.1 Å². The van der Waals surface area contributed by atoms with Crippen molar-refractivity contribution in [1.29, 1.82) is 0 Å². The first-order valence-corrected chi connectivity index (χ1v) is 8.07. The molecule has 0 bridgehead atoms. The molecular formula is C18H18N4O6. The molecule has 0 radical (unpaired) electrons. The fourth-order valence-electron chi connectivity index (χ4n) is 2.28. The summed E-state index contributed by atoms with van der Waals surface area (Å²) < 4.78 is 10.1. The third kappa shape index (κ3) is 4.87. The number of nitrogens with zero attached hydrogens (tertiary/aromatic N) is 4. The van der Waals surface area contributed by atoms with Crippen LogP contribution in [0.25, 0.3) is 0 Å². The van der Waals surface area contributed by atoms with Crippen LogP contribution >= 0.6 is 0 Å². The predicted octanol–water partition coefficient (Wildman–Crippen LogP) is 3.62. The van der Waals surface area contributed by atoms with Crippen LogP contribution in [-0.2, 0) is 9.59 Å². The summed E-state index contributed by atoms with van der Waals surface area (Å²) in [5, 5.41) is 20.0.